The molecule has 106 valence electrons. The van der Waals surface area contributed by atoms with Crippen molar-refractivity contribution in [3.8, 4) is 0 Å². The number of nitrogens with one attached hydrogen (secondary N) is 2. The molecule has 0 saturated heterocycles. The van der Waals surface area contributed by atoms with Gasteiger partial charge in [0.25, 0.3) is 5.91 Å². The zero-order valence-corrected chi connectivity index (χ0v) is 11.8. The van der Waals surface area contributed by atoms with Crippen molar-refractivity contribution in [3.05, 3.63) is 65.9 Å². The van der Waals surface area contributed by atoms with E-state index in [0.29, 0.717) is 5.56 Å². The molecule has 0 aliphatic carbocycles. The van der Waals surface area contributed by atoms with Crippen LogP contribution in [-0.4, -0.2) is 16.1 Å². The molecule has 1 heterocycles. The van der Waals surface area contributed by atoms with E-state index in [9.17, 15) is 4.79 Å². The Hall–Kier alpha value is -2.62. The molecule has 1 aromatic heterocycles. The molecule has 3 aromatic rings. The van der Waals surface area contributed by atoms with Crippen molar-refractivity contribution in [2.24, 2.45) is 0 Å². The zero-order valence-electron chi connectivity index (χ0n) is 11.8. The molecule has 0 saturated carbocycles. The quantitative estimate of drug-likeness (QED) is 0.768. The second-order valence-corrected chi connectivity index (χ2v) is 5.02. The molecule has 0 bridgehead atoms. The molecule has 4 nitrogen and oxygen atoms in total. The summed E-state index contributed by atoms with van der Waals surface area (Å²) in [7, 11) is 0. The van der Waals surface area contributed by atoms with Crippen LogP contribution in [0.15, 0.2) is 54.7 Å². The van der Waals surface area contributed by atoms with Crippen LogP contribution in [0.1, 0.15) is 35.3 Å². The van der Waals surface area contributed by atoms with Crippen molar-refractivity contribution in [2.75, 3.05) is 0 Å². The molecule has 0 fully saturated rings. The van der Waals surface area contributed by atoms with Crippen LogP contribution < -0.4 is 5.32 Å². The van der Waals surface area contributed by atoms with E-state index in [0.717, 1.165) is 22.9 Å². The summed E-state index contributed by atoms with van der Waals surface area (Å²) in [5.74, 6) is -0.0674. The van der Waals surface area contributed by atoms with Crippen LogP contribution in [0.4, 0.5) is 0 Å². The fourth-order valence-corrected chi connectivity index (χ4v) is 2.43. The van der Waals surface area contributed by atoms with Gasteiger partial charge in [0.05, 0.1) is 17.8 Å². The average Bonchev–Trinajstić information content (AvgIpc) is 3.00. The summed E-state index contributed by atoms with van der Waals surface area (Å²) >= 11 is 0. The van der Waals surface area contributed by atoms with E-state index in [1.165, 1.54) is 0 Å². The van der Waals surface area contributed by atoms with Gasteiger partial charge in [0.1, 0.15) is 0 Å². The number of carbonyl (C=O) groups is 1. The lowest BCUT2D eigenvalue weighted by atomic mass is 10.0. The predicted octanol–water partition coefficient (Wildman–Crippen LogP) is 3.44. The van der Waals surface area contributed by atoms with Gasteiger partial charge in [-0.25, -0.2) is 0 Å². The Kier molecular flexibility index (Phi) is 3.69. The minimum Gasteiger partial charge on any atom is -0.345 e. The van der Waals surface area contributed by atoms with E-state index in [-0.39, 0.29) is 11.9 Å². The molecule has 1 atom stereocenters. The summed E-state index contributed by atoms with van der Waals surface area (Å²) in [4.78, 5) is 12.4. The highest BCUT2D eigenvalue weighted by molar-refractivity contribution is 5.97. The highest BCUT2D eigenvalue weighted by Gasteiger charge is 2.14. The van der Waals surface area contributed by atoms with Crippen molar-refractivity contribution in [1.29, 1.82) is 0 Å². The Morgan fingerprint density at radius 3 is 2.81 bits per heavy atom. The van der Waals surface area contributed by atoms with Crippen LogP contribution in [0, 0.1) is 0 Å². The normalized spacial score (nSPS) is 12.2. The van der Waals surface area contributed by atoms with Gasteiger partial charge in [0.2, 0.25) is 0 Å². The van der Waals surface area contributed by atoms with Gasteiger partial charge in [-0.3, -0.25) is 9.89 Å². The summed E-state index contributed by atoms with van der Waals surface area (Å²) in [5, 5.41) is 10.9. The van der Waals surface area contributed by atoms with E-state index in [2.05, 4.69) is 22.4 Å². The Balaban J connectivity index is 1.81. The molecule has 4 heteroatoms. The lowest BCUT2D eigenvalue weighted by Gasteiger charge is -2.17. The number of fused-ring (bicyclic) bond motifs is 1. The van der Waals surface area contributed by atoms with Crippen LogP contribution in [0.25, 0.3) is 10.9 Å². The van der Waals surface area contributed by atoms with Gasteiger partial charge in [-0.1, -0.05) is 43.3 Å². The lowest BCUT2D eigenvalue weighted by molar-refractivity contribution is 0.0935. The molecule has 2 aromatic carbocycles. The number of amides is 1. The first kappa shape index (κ1) is 13.4. The number of aromatic nitrogens is 2. The highest BCUT2D eigenvalue weighted by Crippen LogP contribution is 2.18. The number of aromatic amines is 1. The standard InChI is InChI=1S/C17H17N3O/c1-2-15(12-6-4-3-5-7-12)19-17(21)13-8-9-14-11-18-20-16(14)10-13/h3-11,15H,2H2,1H3,(H,18,20)(H,19,21). The monoisotopic (exact) mass is 279 g/mol. The smallest absolute Gasteiger partial charge is 0.251 e. The SMILES string of the molecule is CCC(NC(=O)c1ccc2cn[nH]c2c1)c1ccccc1. The van der Waals surface area contributed by atoms with Gasteiger partial charge in [-0.2, -0.15) is 5.10 Å². The third-order valence-electron chi connectivity index (χ3n) is 3.62. The van der Waals surface area contributed by atoms with Gasteiger partial charge >= 0.3 is 0 Å². The van der Waals surface area contributed by atoms with Crippen LogP contribution in [0.2, 0.25) is 0 Å². The number of rotatable bonds is 4. The van der Waals surface area contributed by atoms with Gasteiger partial charge in [-0.15, -0.1) is 0 Å². The first-order valence-electron chi connectivity index (χ1n) is 7.07. The van der Waals surface area contributed by atoms with E-state index >= 15 is 0 Å². The number of hydrogen-bond donors (Lipinski definition) is 2. The second kappa shape index (κ2) is 5.79. The van der Waals surface area contributed by atoms with Gasteiger partial charge in [0, 0.05) is 10.9 Å². The molecule has 2 N–H and O–H groups in total. The van der Waals surface area contributed by atoms with Crippen LogP contribution in [0.5, 0.6) is 0 Å². The molecular weight excluding hydrogens is 262 g/mol. The molecule has 21 heavy (non-hydrogen) atoms. The minimum atomic E-state index is -0.0674. The first-order chi connectivity index (χ1) is 10.3. The van der Waals surface area contributed by atoms with Crippen molar-refractivity contribution >= 4 is 16.8 Å². The van der Waals surface area contributed by atoms with Gasteiger partial charge in [0.15, 0.2) is 0 Å². The molecule has 1 unspecified atom stereocenters. The van der Waals surface area contributed by atoms with Crippen molar-refractivity contribution in [1.82, 2.24) is 15.5 Å². The number of benzene rings is 2. The third-order valence-corrected chi connectivity index (χ3v) is 3.62. The van der Waals surface area contributed by atoms with Crippen LogP contribution in [0.3, 0.4) is 0 Å². The molecule has 0 radical (unpaired) electrons. The third kappa shape index (κ3) is 2.79. The van der Waals surface area contributed by atoms with Gasteiger partial charge in [-0.05, 0) is 24.1 Å². The summed E-state index contributed by atoms with van der Waals surface area (Å²) < 4.78 is 0. The number of H-pyrrole nitrogens is 1. The summed E-state index contributed by atoms with van der Waals surface area (Å²) in [6.07, 6.45) is 2.60. The molecule has 3 rings (SSSR count). The highest BCUT2D eigenvalue weighted by atomic mass is 16.1. The maximum absolute atomic E-state index is 12.4. The number of hydrogen-bond acceptors (Lipinski definition) is 2. The second-order valence-electron chi connectivity index (χ2n) is 5.02. The van der Waals surface area contributed by atoms with Crippen molar-refractivity contribution in [3.63, 3.8) is 0 Å². The van der Waals surface area contributed by atoms with E-state index < -0.39 is 0 Å². The van der Waals surface area contributed by atoms with E-state index in [1.54, 1.807) is 6.20 Å². The van der Waals surface area contributed by atoms with Crippen molar-refractivity contribution in [2.45, 2.75) is 19.4 Å². The van der Waals surface area contributed by atoms with Crippen LogP contribution >= 0.6 is 0 Å². The maximum Gasteiger partial charge on any atom is 0.251 e. The molecular formula is C17H17N3O. The van der Waals surface area contributed by atoms with E-state index in [4.69, 9.17) is 0 Å². The lowest BCUT2D eigenvalue weighted by Crippen LogP contribution is -2.28. The fraction of sp³-hybridized carbons (Fsp3) is 0.176. The first-order valence-corrected chi connectivity index (χ1v) is 7.07. The largest absolute Gasteiger partial charge is 0.345 e. The maximum atomic E-state index is 12.4. The van der Waals surface area contributed by atoms with Gasteiger partial charge < -0.3 is 5.32 Å². The summed E-state index contributed by atoms with van der Waals surface area (Å²) in [6, 6.07) is 15.6. The van der Waals surface area contributed by atoms with Crippen LogP contribution in [-0.2, 0) is 0 Å². The number of carbonyl (C=O) groups excluding carboxylic acids is 1. The molecule has 0 aliphatic heterocycles. The van der Waals surface area contributed by atoms with Crippen molar-refractivity contribution < 1.29 is 4.79 Å². The predicted molar refractivity (Wildman–Crippen MR) is 83.0 cm³/mol. The molecule has 1 amide bonds. The zero-order chi connectivity index (χ0) is 14.7. The average molecular weight is 279 g/mol. The Morgan fingerprint density at radius 1 is 1.24 bits per heavy atom. The molecule has 0 aliphatic rings. The Morgan fingerprint density at radius 2 is 2.05 bits per heavy atom. The minimum absolute atomic E-state index is 0.0242. The Labute approximate surface area is 123 Å². The Bertz CT molecular complexity index is 749. The number of nitrogens with zero attached hydrogens (tertiary/aromatic N) is 1. The summed E-state index contributed by atoms with van der Waals surface area (Å²) in [5.41, 5.74) is 2.63. The molecule has 0 spiro atoms. The van der Waals surface area contributed by atoms with E-state index in [1.807, 2.05) is 48.5 Å². The fourth-order valence-electron chi connectivity index (χ4n) is 2.43. The summed E-state index contributed by atoms with van der Waals surface area (Å²) in [6.45, 7) is 2.07. The topological polar surface area (TPSA) is 57.8 Å².